The van der Waals surface area contributed by atoms with Gasteiger partial charge in [0, 0.05) is 12.7 Å². The Bertz CT molecular complexity index is 1060. The Hall–Kier alpha value is -3.23. The second-order valence-electron chi connectivity index (χ2n) is 6.27. The third-order valence-electron chi connectivity index (χ3n) is 4.46. The van der Waals surface area contributed by atoms with Crippen LogP contribution in [0.15, 0.2) is 36.5 Å². The number of benzene rings is 1. The van der Waals surface area contributed by atoms with Crippen LogP contribution in [-0.4, -0.2) is 22.1 Å². The maximum atomic E-state index is 13.1. The van der Waals surface area contributed by atoms with Crippen molar-refractivity contribution in [3.05, 3.63) is 59.0 Å². The number of alkyl halides is 3. The van der Waals surface area contributed by atoms with Gasteiger partial charge in [0.15, 0.2) is 11.5 Å². The molecule has 0 saturated heterocycles. The van der Waals surface area contributed by atoms with Gasteiger partial charge in [-0.15, -0.1) is 0 Å². The fourth-order valence-electron chi connectivity index (χ4n) is 3.06. The molecule has 0 aliphatic carbocycles. The Labute approximate surface area is 157 Å². The highest BCUT2D eigenvalue weighted by Gasteiger charge is 2.31. The summed E-state index contributed by atoms with van der Waals surface area (Å²) in [5, 5.41) is 2.74. The molecule has 1 amide bonds. The van der Waals surface area contributed by atoms with Gasteiger partial charge in [-0.25, -0.2) is 4.98 Å². The lowest BCUT2D eigenvalue weighted by Crippen LogP contribution is -2.25. The Morgan fingerprint density at radius 3 is 2.75 bits per heavy atom. The van der Waals surface area contributed by atoms with Gasteiger partial charge in [0.25, 0.3) is 5.91 Å². The van der Waals surface area contributed by atoms with Crippen LogP contribution in [-0.2, 0) is 19.1 Å². The number of ether oxygens (including phenoxy) is 2. The van der Waals surface area contributed by atoms with Crippen LogP contribution < -0.4 is 14.8 Å². The fourth-order valence-corrected chi connectivity index (χ4v) is 3.06. The highest BCUT2D eigenvalue weighted by atomic mass is 19.4. The molecular weight excluding hydrogens is 375 g/mol. The van der Waals surface area contributed by atoms with E-state index >= 15 is 0 Å². The van der Waals surface area contributed by atoms with Gasteiger partial charge in [-0.3, -0.25) is 9.20 Å². The van der Waals surface area contributed by atoms with E-state index in [1.165, 1.54) is 10.5 Å². The first-order valence-corrected chi connectivity index (χ1v) is 8.61. The van der Waals surface area contributed by atoms with Gasteiger partial charge >= 0.3 is 6.18 Å². The first kappa shape index (κ1) is 18.1. The van der Waals surface area contributed by atoms with Crippen LogP contribution in [0.1, 0.15) is 34.2 Å². The summed E-state index contributed by atoms with van der Waals surface area (Å²) in [5.74, 6) is 0.719. The van der Waals surface area contributed by atoms with Crippen LogP contribution in [0, 0.1) is 0 Å². The summed E-state index contributed by atoms with van der Waals surface area (Å²) in [7, 11) is 0. The van der Waals surface area contributed by atoms with Gasteiger partial charge in [-0.2, -0.15) is 13.2 Å². The number of nitrogens with zero attached hydrogens (tertiary/aromatic N) is 2. The third-order valence-corrected chi connectivity index (χ3v) is 4.46. The molecule has 9 heteroatoms. The summed E-state index contributed by atoms with van der Waals surface area (Å²) >= 11 is 0. The van der Waals surface area contributed by atoms with Crippen LogP contribution in [0.2, 0.25) is 0 Å². The number of hydrogen-bond donors (Lipinski definition) is 1. The lowest BCUT2D eigenvalue weighted by atomic mass is 10.2. The summed E-state index contributed by atoms with van der Waals surface area (Å²) in [6, 6.07) is 7.49. The number of aromatic nitrogens is 2. The standard InChI is InChI=1S/C19H16F3N3O3/c1-2-13-17(25-9-12(19(20,21)22)4-6-16(25)24-13)18(26)23-8-11-3-5-14-15(7-11)28-10-27-14/h3-7,9H,2,8,10H2,1H3,(H,23,26). The molecule has 1 aliphatic heterocycles. The number of aryl methyl sites for hydroxylation is 1. The Morgan fingerprint density at radius 2 is 2.00 bits per heavy atom. The molecule has 1 N–H and O–H groups in total. The summed E-state index contributed by atoms with van der Waals surface area (Å²) in [5.41, 5.74) is 0.759. The SMILES string of the molecule is CCc1nc2ccc(C(F)(F)F)cn2c1C(=O)NCc1ccc2c(c1)OCO2. The zero-order valence-corrected chi connectivity index (χ0v) is 14.8. The number of amides is 1. The molecule has 1 aliphatic rings. The fraction of sp³-hybridized carbons (Fsp3) is 0.263. The number of halogens is 3. The average molecular weight is 391 g/mol. The first-order chi connectivity index (χ1) is 13.4. The van der Waals surface area contributed by atoms with Gasteiger partial charge in [0.05, 0.1) is 11.3 Å². The molecule has 4 rings (SSSR count). The van der Waals surface area contributed by atoms with E-state index in [-0.39, 0.29) is 24.7 Å². The molecule has 0 atom stereocenters. The van der Waals surface area contributed by atoms with Crippen molar-refractivity contribution in [2.24, 2.45) is 0 Å². The molecule has 0 fully saturated rings. The average Bonchev–Trinajstić information content (AvgIpc) is 3.28. The second kappa shape index (κ2) is 6.74. The number of carbonyl (C=O) groups excluding carboxylic acids is 1. The predicted octanol–water partition coefficient (Wildman–Crippen LogP) is 3.57. The van der Waals surface area contributed by atoms with Crippen molar-refractivity contribution in [2.45, 2.75) is 26.1 Å². The summed E-state index contributed by atoms with van der Waals surface area (Å²) in [6.07, 6.45) is -3.20. The van der Waals surface area contributed by atoms with Gasteiger partial charge in [0.1, 0.15) is 11.3 Å². The van der Waals surface area contributed by atoms with Gasteiger partial charge in [-0.05, 0) is 36.2 Å². The van der Waals surface area contributed by atoms with E-state index in [4.69, 9.17) is 9.47 Å². The zero-order chi connectivity index (χ0) is 19.9. The molecule has 1 aromatic carbocycles. The van der Waals surface area contributed by atoms with Crippen molar-refractivity contribution in [3.8, 4) is 11.5 Å². The minimum atomic E-state index is -4.51. The zero-order valence-electron chi connectivity index (χ0n) is 14.8. The Morgan fingerprint density at radius 1 is 1.21 bits per heavy atom. The molecule has 146 valence electrons. The maximum absolute atomic E-state index is 13.1. The van der Waals surface area contributed by atoms with E-state index in [2.05, 4.69) is 10.3 Å². The van der Waals surface area contributed by atoms with Crippen molar-refractivity contribution in [3.63, 3.8) is 0 Å². The molecule has 3 aromatic rings. The topological polar surface area (TPSA) is 64.9 Å². The molecule has 0 saturated carbocycles. The monoisotopic (exact) mass is 391 g/mol. The van der Waals surface area contributed by atoms with E-state index in [1.54, 1.807) is 25.1 Å². The molecule has 0 radical (unpaired) electrons. The van der Waals surface area contributed by atoms with E-state index in [1.807, 2.05) is 0 Å². The Kier molecular flexibility index (Phi) is 4.37. The van der Waals surface area contributed by atoms with Crippen molar-refractivity contribution < 1.29 is 27.4 Å². The number of hydrogen-bond acceptors (Lipinski definition) is 4. The van der Waals surface area contributed by atoms with Crippen LogP contribution in [0.4, 0.5) is 13.2 Å². The second-order valence-corrected chi connectivity index (χ2v) is 6.27. The lowest BCUT2D eigenvalue weighted by molar-refractivity contribution is -0.137. The van der Waals surface area contributed by atoms with Crippen LogP contribution in [0.3, 0.4) is 0 Å². The first-order valence-electron chi connectivity index (χ1n) is 8.61. The van der Waals surface area contributed by atoms with Gasteiger partial charge in [0.2, 0.25) is 6.79 Å². The van der Waals surface area contributed by atoms with Crippen molar-refractivity contribution in [1.29, 1.82) is 0 Å². The number of fused-ring (bicyclic) bond motifs is 2. The highest BCUT2D eigenvalue weighted by Crippen LogP contribution is 2.32. The maximum Gasteiger partial charge on any atom is 0.417 e. The number of pyridine rings is 1. The summed E-state index contributed by atoms with van der Waals surface area (Å²) < 4.78 is 50.9. The molecular formula is C19H16F3N3O3. The van der Waals surface area contributed by atoms with Crippen molar-refractivity contribution in [2.75, 3.05) is 6.79 Å². The molecule has 6 nitrogen and oxygen atoms in total. The normalized spacial score (nSPS) is 13.1. The van der Waals surface area contributed by atoms with E-state index in [0.717, 1.165) is 17.8 Å². The quantitative estimate of drug-likeness (QED) is 0.739. The lowest BCUT2D eigenvalue weighted by Gasteiger charge is -2.10. The minimum Gasteiger partial charge on any atom is -0.454 e. The molecule has 0 spiro atoms. The van der Waals surface area contributed by atoms with E-state index < -0.39 is 17.6 Å². The van der Waals surface area contributed by atoms with Crippen LogP contribution in [0.25, 0.3) is 5.65 Å². The summed E-state index contributed by atoms with van der Waals surface area (Å²) in [6.45, 7) is 2.13. The molecule has 28 heavy (non-hydrogen) atoms. The smallest absolute Gasteiger partial charge is 0.417 e. The number of imidazole rings is 1. The Balaban J connectivity index is 1.62. The number of nitrogens with one attached hydrogen (secondary N) is 1. The number of rotatable bonds is 4. The third kappa shape index (κ3) is 3.23. The largest absolute Gasteiger partial charge is 0.454 e. The van der Waals surface area contributed by atoms with Crippen LogP contribution >= 0.6 is 0 Å². The molecule has 0 bridgehead atoms. The van der Waals surface area contributed by atoms with Crippen LogP contribution in [0.5, 0.6) is 11.5 Å². The minimum absolute atomic E-state index is 0.101. The van der Waals surface area contributed by atoms with E-state index in [9.17, 15) is 18.0 Å². The highest BCUT2D eigenvalue weighted by molar-refractivity contribution is 5.94. The predicted molar refractivity (Wildman–Crippen MR) is 93.3 cm³/mol. The van der Waals surface area contributed by atoms with E-state index in [0.29, 0.717) is 23.6 Å². The molecule has 2 aromatic heterocycles. The van der Waals surface area contributed by atoms with Crippen molar-refractivity contribution in [1.82, 2.24) is 14.7 Å². The summed E-state index contributed by atoms with van der Waals surface area (Å²) in [4.78, 5) is 17.0. The number of carbonyl (C=O) groups is 1. The van der Waals surface area contributed by atoms with Gasteiger partial charge in [-0.1, -0.05) is 13.0 Å². The van der Waals surface area contributed by atoms with Gasteiger partial charge < -0.3 is 14.8 Å². The molecule has 3 heterocycles. The van der Waals surface area contributed by atoms with Crippen molar-refractivity contribution >= 4 is 11.6 Å². The molecule has 0 unspecified atom stereocenters.